The molecular weight excluding hydrogens is 200 g/mol. The minimum Gasteiger partial charge on any atom is -0.389 e. The molecule has 0 aromatic carbocycles. The molecule has 16 heavy (non-hydrogen) atoms. The van der Waals surface area contributed by atoms with Crippen LogP contribution in [0.2, 0.25) is 0 Å². The summed E-state index contributed by atoms with van der Waals surface area (Å²) in [6.45, 7) is 4.96. The summed E-state index contributed by atoms with van der Waals surface area (Å²) < 4.78 is 0. The lowest BCUT2D eigenvalue weighted by molar-refractivity contribution is -0.00814. The molecule has 3 heteroatoms. The predicted molar refractivity (Wildman–Crippen MR) is 64.9 cm³/mol. The maximum absolute atomic E-state index is 10.4. The second-order valence-corrected chi connectivity index (χ2v) is 5.26. The molecule has 1 atom stereocenters. The normalized spacial score (nSPS) is 32.0. The third kappa shape index (κ3) is 4.11. The van der Waals surface area contributed by atoms with E-state index in [1.54, 1.807) is 0 Å². The molecule has 0 aliphatic heterocycles. The Morgan fingerprint density at radius 2 is 2.12 bits per heavy atom. The quantitative estimate of drug-likeness (QED) is 0.752. The third-order valence-corrected chi connectivity index (χ3v) is 3.76. The average Bonchev–Trinajstić information content (AvgIpc) is 2.29. The molecule has 0 aromatic heterocycles. The van der Waals surface area contributed by atoms with Crippen molar-refractivity contribution >= 4 is 0 Å². The van der Waals surface area contributed by atoms with Crippen molar-refractivity contribution in [1.29, 1.82) is 5.26 Å². The van der Waals surface area contributed by atoms with Crippen LogP contribution >= 0.6 is 0 Å². The number of hydrogen-bond donors (Lipinski definition) is 2. The second-order valence-electron chi connectivity index (χ2n) is 5.26. The molecule has 92 valence electrons. The molecule has 0 spiro atoms. The molecule has 1 saturated carbocycles. The molecule has 1 aliphatic rings. The standard InChI is InChI=1S/C13H24N2O/c1-3-12(6-9-14)15-10-13(16)7-4-11(2)5-8-13/h11-12,15-16H,3-8,10H2,1-2H3. The molecule has 0 aromatic rings. The summed E-state index contributed by atoms with van der Waals surface area (Å²) >= 11 is 0. The highest BCUT2D eigenvalue weighted by molar-refractivity contribution is 4.89. The van der Waals surface area contributed by atoms with Crippen LogP contribution in [-0.2, 0) is 0 Å². The van der Waals surface area contributed by atoms with Crippen LogP contribution in [0.15, 0.2) is 0 Å². The minimum absolute atomic E-state index is 0.230. The Hall–Kier alpha value is -0.590. The fraction of sp³-hybridized carbons (Fsp3) is 0.923. The number of hydrogen-bond acceptors (Lipinski definition) is 3. The van der Waals surface area contributed by atoms with E-state index in [9.17, 15) is 5.11 Å². The molecule has 0 amide bonds. The van der Waals surface area contributed by atoms with E-state index in [0.29, 0.717) is 13.0 Å². The molecule has 0 bridgehead atoms. The Bertz CT molecular complexity index is 239. The Morgan fingerprint density at radius 1 is 1.50 bits per heavy atom. The highest BCUT2D eigenvalue weighted by atomic mass is 16.3. The van der Waals surface area contributed by atoms with Gasteiger partial charge in [0.15, 0.2) is 0 Å². The summed E-state index contributed by atoms with van der Waals surface area (Å²) in [5.74, 6) is 0.751. The predicted octanol–water partition coefficient (Wildman–Crippen LogP) is 2.21. The van der Waals surface area contributed by atoms with Crippen molar-refractivity contribution in [3.63, 3.8) is 0 Å². The van der Waals surface area contributed by atoms with Crippen molar-refractivity contribution in [3.05, 3.63) is 0 Å². The molecule has 3 nitrogen and oxygen atoms in total. The molecular formula is C13H24N2O. The van der Waals surface area contributed by atoms with Gasteiger partial charge in [-0.05, 0) is 38.0 Å². The first-order chi connectivity index (χ1) is 7.59. The molecule has 0 radical (unpaired) electrons. The van der Waals surface area contributed by atoms with Crippen molar-refractivity contribution in [2.45, 2.75) is 64.0 Å². The van der Waals surface area contributed by atoms with Crippen molar-refractivity contribution in [2.75, 3.05) is 6.54 Å². The third-order valence-electron chi connectivity index (χ3n) is 3.76. The zero-order valence-electron chi connectivity index (χ0n) is 10.5. The minimum atomic E-state index is -0.532. The van der Waals surface area contributed by atoms with E-state index in [1.807, 2.05) is 0 Å². The summed E-state index contributed by atoms with van der Waals surface area (Å²) in [5, 5.41) is 22.3. The van der Waals surface area contributed by atoms with Crippen molar-refractivity contribution in [1.82, 2.24) is 5.32 Å². The van der Waals surface area contributed by atoms with Crippen molar-refractivity contribution in [3.8, 4) is 6.07 Å². The molecule has 0 heterocycles. The zero-order chi connectivity index (χ0) is 12.0. The fourth-order valence-corrected chi connectivity index (χ4v) is 2.28. The Morgan fingerprint density at radius 3 is 2.62 bits per heavy atom. The van der Waals surface area contributed by atoms with E-state index in [1.165, 1.54) is 0 Å². The van der Waals surface area contributed by atoms with Gasteiger partial charge in [-0.15, -0.1) is 0 Å². The Kier molecular flexibility index (Phi) is 5.24. The van der Waals surface area contributed by atoms with E-state index in [4.69, 9.17) is 5.26 Å². The lowest BCUT2D eigenvalue weighted by Crippen LogP contribution is -2.46. The van der Waals surface area contributed by atoms with Crippen LogP contribution in [0.4, 0.5) is 0 Å². The van der Waals surface area contributed by atoms with E-state index < -0.39 is 5.60 Å². The largest absolute Gasteiger partial charge is 0.389 e. The molecule has 1 unspecified atom stereocenters. The number of nitrogens with zero attached hydrogens (tertiary/aromatic N) is 1. The SMILES string of the molecule is CCC(CC#N)NCC1(O)CCC(C)CC1. The lowest BCUT2D eigenvalue weighted by Gasteiger charge is -2.36. The summed E-state index contributed by atoms with van der Waals surface area (Å²) in [7, 11) is 0. The van der Waals surface area contributed by atoms with Crippen molar-refractivity contribution in [2.24, 2.45) is 5.92 Å². The summed E-state index contributed by atoms with van der Waals surface area (Å²) in [6.07, 6.45) is 5.50. The average molecular weight is 224 g/mol. The maximum Gasteiger partial charge on any atom is 0.0771 e. The van der Waals surface area contributed by atoms with E-state index in [0.717, 1.165) is 38.0 Å². The first kappa shape index (κ1) is 13.5. The Balaban J connectivity index is 2.33. The van der Waals surface area contributed by atoms with Crippen LogP contribution in [0.1, 0.15) is 52.4 Å². The van der Waals surface area contributed by atoms with Gasteiger partial charge in [0, 0.05) is 12.6 Å². The van der Waals surface area contributed by atoms with Crippen LogP contribution in [0, 0.1) is 17.2 Å². The Labute approximate surface area is 98.8 Å². The van der Waals surface area contributed by atoms with Gasteiger partial charge >= 0.3 is 0 Å². The number of rotatable bonds is 5. The lowest BCUT2D eigenvalue weighted by atomic mass is 9.79. The zero-order valence-corrected chi connectivity index (χ0v) is 10.5. The number of nitrogens with one attached hydrogen (secondary N) is 1. The second kappa shape index (κ2) is 6.22. The van der Waals surface area contributed by atoms with Crippen LogP contribution in [0.25, 0.3) is 0 Å². The highest BCUT2D eigenvalue weighted by Gasteiger charge is 2.31. The van der Waals surface area contributed by atoms with Gasteiger partial charge in [0.2, 0.25) is 0 Å². The maximum atomic E-state index is 10.4. The molecule has 2 N–H and O–H groups in total. The summed E-state index contributed by atoms with van der Waals surface area (Å²) in [5.41, 5.74) is -0.532. The van der Waals surface area contributed by atoms with Gasteiger partial charge in [0.05, 0.1) is 18.1 Å². The summed E-state index contributed by atoms with van der Waals surface area (Å²) in [4.78, 5) is 0. The van der Waals surface area contributed by atoms with Gasteiger partial charge in [-0.2, -0.15) is 5.26 Å². The summed E-state index contributed by atoms with van der Waals surface area (Å²) in [6, 6.07) is 2.41. The van der Waals surface area contributed by atoms with Gasteiger partial charge in [-0.3, -0.25) is 0 Å². The van der Waals surface area contributed by atoms with Gasteiger partial charge < -0.3 is 10.4 Å². The van der Waals surface area contributed by atoms with Gasteiger partial charge in [-0.1, -0.05) is 13.8 Å². The molecule has 1 fully saturated rings. The number of nitriles is 1. The van der Waals surface area contributed by atoms with Crippen LogP contribution in [0.3, 0.4) is 0 Å². The van der Waals surface area contributed by atoms with E-state index in [2.05, 4.69) is 25.2 Å². The van der Waals surface area contributed by atoms with Crippen LogP contribution < -0.4 is 5.32 Å². The first-order valence-corrected chi connectivity index (χ1v) is 6.42. The number of aliphatic hydroxyl groups is 1. The monoisotopic (exact) mass is 224 g/mol. The first-order valence-electron chi connectivity index (χ1n) is 6.42. The van der Waals surface area contributed by atoms with Crippen LogP contribution in [0.5, 0.6) is 0 Å². The molecule has 1 rings (SSSR count). The fourth-order valence-electron chi connectivity index (χ4n) is 2.28. The topological polar surface area (TPSA) is 56.0 Å². The van der Waals surface area contributed by atoms with Gasteiger partial charge in [0.1, 0.15) is 0 Å². The van der Waals surface area contributed by atoms with Gasteiger partial charge in [0.25, 0.3) is 0 Å². The smallest absolute Gasteiger partial charge is 0.0771 e. The van der Waals surface area contributed by atoms with Crippen molar-refractivity contribution < 1.29 is 5.11 Å². The molecule has 0 saturated heterocycles. The molecule has 1 aliphatic carbocycles. The highest BCUT2D eigenvalue weighted by Crippen LogP contribution is 2.31. The van der Waals surface area contributed by atoms with Crippen LogP contribution in [-0.4, -0.2) is 23.3 Å². The van der Waals surface area contributed by atoms with E-state index in [-0.39, 0.29) is 6.04 Å². The van der Waals surface area contributed by atoms with E-state index >= 15 is 0 Å². The van der Waals surface area contributed by atoms with Gasteiger partial charge in [-0.25, -0.2) is 0 Å².